The predicted molar refractivity (Wildman–Crippen MR) is 113 cm³/mol. The lowest BCUT2D eigenvalue weighted by atomic mass is 9.98. The van der Waals surface area contributed by atoms with Gasteiger partial charge in [0.1, 0.15) is 18.5 Å². The first-order valence-electron chi connectivity index (χ1n) is 10.3. The monoisotopic (exact) mass is 464 g/mol. The fourth-order valence-corrected chi connectivity index (χ4v) is 3.29. The first-order chi connectivity index (χ1) is 15.6. The Morgan fingerprint density at radius 3 is 1.91 bits per heavy atom. The van der Waals surface area contributed by atoms with E-state index in [-0.39, 0.29) is 6.61 Å². The lowest BCUT2D eigenvalue weighted by Crippen LogP contribution is -2.63. The van der Waals surface area contributed by atoms with Crippen LogP contribution in [0.1, 0.15) is 33.3 Å². The number of carbonyl (C=O) groups excluding carboxylic acids is 4. The van der Waals surface area contributed by atoms with E-state index in [0.717, 1.165) is 26.3 Å². The molecule has 2 rings (SSSR count). The number of hydrogen-bond donors (Lipinski definition) is 0. The minimum absolute atomic E-state index is 0.323. The zero-order chi connectivity index (χ0) is 24.5. The highest BCUT2D eigenvalue weighted by atomic mass is 16.7. The van der Waals surface area contributed by atoms with Gasteiger partial charge < -0.3 is 28.4 Å². The van der Waals surface area contributed by atoms with Gasteiger partial charge in [0.25, 0.3) is 0 Å². The van der Waals surface area contributed by atoms with Crippen LogP contribution in [0.15, 0.2) is 36.9 Å². The van der Waals surface area contributed by atoms with Gasteiger partial charge in [-0.05, 0) is 24.1 Å². The number of hydrogen-bond acceptors (Lipinski definition) is 10. The van der Waals surface area contributed by atoms with Gasteiger partial charge >= 0.3 is 23.9 Å². The van der Waals surface area contributed by atoms with Crippen molar-refractivity contribution in [2.75, 3.05) is 6.61 Å². The second-order valence-corrected chi connectivity index (χ2v) is 7.32. The maximum Gasteiger partial charge on any atom is 0.303 e. The molecule has 1 aromatic carbocycles. The molecule has 0 saturated carbocycles. The van der Waals surface area contributed by atoms with Gasteiger partial charge in [0.05, 0.1) is 0 Å². The minimum Gasteiger partial charge on any atom is -0.463 e. The van der Waals surface area contributed by atoms with E-state index in [0.29, 0.717) is 12.2 Å². The van der Waals surface area contributed by atoms with E-state index in [4.69, 9.17) is 28.4 Å². The van der Waals surface area contributed by atoms with Crippen LogP contribution in [0.3, 0.4) is 0 Å². The molecule has 180 valence electrons. The summed E-state index contributed by atoms with van der Waals surface area (Å²) in [6.07, 6.45) is -3.71. The van der Waals surface area contributed by atoms with Gasteiger partial charge in [-0.2, -0.15) is 0 Å². The third-order valence-electron chi connectivity index (χ3n) is 4.50. The highest BCUT2D eigenvalue weighted by Crippen LogP contribution is 2.31. The minimum atomic E-state index is -1.28. The van der Waals surface area contributed by atoms with Crippen molar-refractivity contribution in [3.63, 3.8) is 0 Å². The van der Waals surface area contributed by atoms with Crippen LogP contribution < -0.4 is 4.74 Å². The van der Waals surface area contributed by atoms with Crippen LogP contribution in [0.25, 0.3) is 0 Å². The van der Waals surface area contributed by atoms with Gasteiger partial charge in [-0.25, -0.2) is 0 Å². The summed E-state index contributed by atoms with van der Waals surface area (Å²) in [7, 11) is 0. The van der Waals surface area contributed by atoms with Crippen molar-refractivity contribution >= 4 is 23.9 Å². The van der Waals surface area contributed by atoms with E-state index >= 15 is 0 Å². The Morgan fingerprint density at radius 2 is 1.39 bits per heavy atom. The highest BCUT2D eigenvalue weighted by molar-refractivity contribution is 5.68. The molecule has 1 saturated heterocycles. The Balaban J connectivity index is 2.41. The van der Waals surface area contributed by atoms with Crippen LogP contribution in [0.2, 0.25) is 0 Å². The average Bonchev–Trinajstić information content (AvgIpc) is 2.71. The SMILES string of the molecule is C=CCc1ccc(O[C@@H]2O[C@H](COC(C)=O)[C@@H](OC(C)=O)[C@H](OC(C)=O)[C@H]2OC(C)=O)cc1. The Labute approximate surface area is 191 Å². The second-order valence-electron chi connectivity index (χ2n) is 7.32. The van der Waals surface area contributed by atoms with E-state index in [9.17, 15) is 19.2 Å². The van der Waals surface area contributed by atoms with Crippen LogP contribution in [0.4, 0.5) is 0 Å². The van der Waals surface area contributed by atoms with Crippen molar-refractivity contribution in [1.29, 1.82) is 0 Å². The Bertz CT molecular complexity index is 862. The summed E-state index contributed by atoms with van der Waals surface area (Å²) in [5.41, 5.74) is 0.999. The lowest BCUT2D eigenvalue weighted by molar-refractivity contribution is -0.288. The molecule has 0 spiro atoms. The van der Waals surface area contributed by atoms with E-state index in [2.05, 4.69) is 6.58 Å². The number of benzene rings is 1. The quantitative estimate of drug-likeness (QED) is 0.304. The number of carbonyl (C=O) groups is 4. The van der Waals surface area contributed by atoms with E-state index in [1.165, 1.54) is 6.92 Å². The van der Waals surface area contributed by atoms with Gasteiger partial charge in [-0.3, -0.25) is 19.2 Å². The molecule has 0 radical (unpaired) electrons. The molecule has 10 heteroatoms. The maximum absolute atomic E-state index is 11.8. The molecule has 0 aliphatic carbocycles. The summed E-state index contributed by atoms with van der Waals surface area (Å²) in [6.45, 7) is 8.05. The molecule has 1 aliphatic heterocycles. The molecular weight excluding hydrogens is 436 g/mol. The molecule has 0 amide bonds. The summed E-state index contributed by atoms with van der Waals surface area (Å²) in [5.74, 6) is -2.33. The zero-order valence-corrected chi connectivity index (χ0v) is 19.0. The molecule has 1 aliphatic rings. The van der Waals surface area contributed by atoms with Gasteiger partial charge in [-0.15, -0.1) is 6.58 Å². The summed E-state index contributed by atoms with van der Waals surface area (Å²) < 4.78 is 32.9. The van der Waals surface area contributed by atoms with Crippen molar-refractivity contribution in [2.24, 2.45) is 0 Å². The molecule has 0 unspecified atom stereocenters. The van der Waals surface area contributed by atoms with Gasteiger partial charge in [0.2, 0.25) is 12.4 Å². The van der Waals surface area contributed by atoms with Crippen molar-refractivity contribution in [3.05, 3.63) is 42.5 Å². The molecule has 1 aromatic rings. The van der Waals surface area contributed by atoms with Crippen molar-refractivity contribution in [1.82, 2.24) is 0 Å². The molecule has 0 N–H and O–H groups in total. The summed E-state index contributed by atoms with van der Waals surface area (Å²) in [4.78, 5) is 46.8. The number of esters is 4. The summed E-state index contributed by atoms with van der Waals surface area (Å²) in [5, 5.41) is 0. The highest BCUT2D eigenvalue weighted by Gasteiger charge is 2.53. The third kappa shape index (κ3) is 7.90. The van der Waals surface area contributed by atoms with E-state index in [1.807, 2.05) is 12.1 Å². The summed E-state index contributed by atoms with van der Waals surface area (Å²) >= 11 is 0. The fraction of sp³-hybridized carbons (Fsp3) is 0.478. The topological polar surface area (TPSA) is 124 Å². The largest absolute Gasteiger partial charge is 0.463 e. The molecule has 1 fully saturated rings. The Morgan fingerprint density at radius 1 is 0.848 bits per heavy atom. The third-order valence-corrected chi connectivity index (χ3v) is 4.50. The Kier molecular flexibility index (Phi) is 9.41. The van der Waals surface area contributed by atoms with Crippen LogP contribution in [0.5, 0.6) is 5.75 Å². The fourth-order valence-electron chi connectivity index (χ4n) is 3.29. The number of ether oxygens (including phenoxy) is 6. The van der Waals surface area contributed by atoms with Crippen LogP contribution in [0, 0.1) is 0 Å². The van der Waals surface area contributed by atoms with Gasteiger partial charge in [-0.1, -0.05) is 18.2 Å². The van der Waals surface area contributed by atoms with Crippen LogP contribution in [-0.2, 0) is 49.3 Å². The first kappa shape index (κ1) is 25.9. The number of rotatable bonds is 9. The lowest BCUT2D eigenvalue weighted by Gasteiger charge is -2.43. The standard InChI is InChI=1S/C23H28O10/c1-6-7-17-8-10-18(11-9-17)32-23-22(31-16(5)27)21(30-15(4)26)20(29-14(3)25)19(33-23)12-28-13(2)24/h6,8-11,19-23H,1,7,12H2,2-5H3/t19-,20-,21+,22-,23-/m1/s1. The Hall–Kier alpha value is -3.40. The van der Waals surface area contributed by atoms with E-state index < -0.39 is 54.6 Å². The second kappa shape index (κ2) is 12.0. The van der Waals surface area contributed by atoms with Crippen LogP contribution >= 0.6 is 0 Å². The molecule has 0 bridgehead atoms. The maximum atomic E-state index is 11.8. The van der Waals surface area contributed by atoms with Gasteiger partial charge in [0, 0.05) is 27.7 Å². The molecule has 10 nitrogen and oxygen atoms in total. The molecular formula is C23H28O10. The van der Waals surface area contributed by atoms with Crippen molar-refractivity contribution in [3.8, 4) is 5.75 Å². The molecule has 5 atom stereocenters. The molecule has 0 aromatic heterocycles. The number of allylic oxidation sites excluding steroid dienone is 1. The van der Waals surface area contributed by atoms with Crippen molar-refractivity contribution in [2.45, 2.75) is 64.8 Å². The molecule has 1 heterocycles. The van der Waals surface area contributed by atoms with E-state index in [1.54, 1.807) is 18.2 Å². The smallest absolute Gasteiger partial charge is 0.303 e. The summed E-state index contributed by atoms with van der Waals surface area (Å²) in [6, 6.07) is 7.02. The molecule has 33 heavy (non-hydrogen) atoms. The normalized spacial score (nSPS) is 24.2. The zero-order valence-electron chi connectivity index (χ0n) is 19.0. The average molecular weight is 464 g/mol. The van der Waals surface area contributed by atoms with Crippen LogP contribution in [-0.4, -0.2) is 61.2 Å². The first-order valence-corrected chi connectivity index (χ1v) is 10.3. The van der Waals surface area contributed by atoms with Gasteiger partial charge in [0.15, 0.2) is 12.2 Å². The predicted octanol–water partition coefficient (Wildman–Crippen LogP) is 1.88. The van der Waals surface area contributed by atoms with Crippen molar-refractivity contribution < 1.29 is 47.6 Å².